The lowest BCUT2D eigenvalue weighted by molar-refractivity contribution is -0.127. The molecule has 0 spiro atoms. The summed E-state index contributed by atoms with van der Waals surface area (Å²) >= 11 is 0. The molecule has 4 atom stereocenters. The van der Waals surface area contributed by atoms with Crippen molar-refractivity contribution in [3.8, 4) is 0 Å². The lowest BCUT2D eigenvalue weighted by atomic mass is 9.82. The average Bonchev–Trinajstić information content (AvgIpc) is 2.88. The van der Waals surface area contributed by atoms with Crippen molar-refractivity contribution in [2.45, 2.75) is 56.3 Å². The molecule has 0 aromatic heterocycles. The van der Waals surface area contributed by atoms with Crippen molar-refractivity contribution >= 4 is 5.91 Å². The van der Waals surface area contributed by atoms with Gasteiger partial charge in [-0.3, -0.25) is 4.79 Å². The molecule has 4 unspecified atom stereocenters. The van der Waals surface area contributed by atoms with E-state index in [1.54, 1.807) is 0 Å². The maximum absolute atomic E-state index is 12.4. The number of hydrogen-bond donors (Lipinski definition) is 2. The Kier molecular flexibility index (Phi) is 4.29. The molecule has 3 aliphatic heterocycles. The number of hydrogen-bond acceptors (Lipinski definition) is 4. The molecule has 2 bridgehead atoms. The van der Waals surface area contributed by atoms with E-state index < -0.39 is 0 Å². The van der Waals surface area contributed by atoms with Crippen molar-refractivity contribution in [2.75, 3.05) is 27.3 Å². The van der Waals surface area contributed by atoms with Gasteiger partial charge in [-0.1, -0.05) is 6.42 Å². The number of likely N-dealkylation sites (N-methyl/N-ethyl adjacent to an activating group) is 1. The van der Waals surface area contributed by atoms with Crippen LogP contribution in [-0.4, -0.2) is 62.3 Å². The first kappa shape index (κ1) is 14.3. The van der Waals surface area contributed by atoms with Gasteiger partial charge in [-0.2, -0.15) is 0 Å². The van der Waals surface area contributed by atoms with E-state index in [-0.39, 0.29) is 17.9 Å². The molecule has 20 heavy (non-hydrogen) atoms. The molecule has 114 valence electrons. The van der Waals surface area contributed by atoms with Crippen molar-refractivity contribution in [3.05, 3.63) is 0 Å². The Bertz CT molecular complexity index is 349. The van der Waals surface area contributed by atoms with Crippen molar-refractivity contribution in [1.82, 2.24) is 15.5 Å². The molecule has 2 N–H and O–H groups in total. The van der Waals surface area contributed by atoms with Crippen LogP contribution in [0.15, 0.2) is 0 Å². The Hall–Kier alpha value is -0.650. The molecule has 3 saturated heterocycles. The van der Waals surface area contributed by atoms with Crippen molar-refractivity contribution < 1.29 is 9.53 Å². The second-order valence-electron chi connectivity index (χ2n) is 6.62. The Morgan fingerprint density at radius 2 is 1.90 bits per heavy atom. The van der Waals surface area contributed by atoms with Gasteiger partial charge < -0.3 is 20.3 Å². The Labute approximate surface area is 121 Å². The van der Waals surface area contributed by atoms with Crippen LogP contribution < -0.4 is 10.6 Å². The molecule has 1 amide bonds. The van der Waals surface area contributed by atoms with Crippen LogP contribution in [0.5, 0.6) is 0 Å². The molecular weight excluding hydrogens is 254 g/mol. The van der Waals surface area contributed by atoms with Crippen molar-refractivity contribution in [1.29, 1.82) is 0 Å². The molecule has 0 aromatic rings. The van der Waals surface area contributed by atoms with Crippen LogP contribution in [0.25, 0.3) is 0 Å². The average molecular weight is 281 g/mol. The van der Waals surface area contributed by atoms with Gasteiger partial charge in [0.05, 0.1) is 19.1 Å². The van der Waals surface area contributed by atoms with Crippen LogP contribution in [0, 0.1) is 5.92 Å². The van der Waals surface area contributed by atoms with E-state index in [1.165, 1.54) is 19.3 Å². The van der Waals surface area contributed by atoms with E-state index in [1.807, 2.05) is 7.05 Å². The number of carbonyl (C=O) groups excluding carboxylic acids is 1. The highest BCUT2D eigenvalue weighted by atomic mass is 16.5. The Morgan fingerprint density at radius 3 is 2.55 bits per heavy atom. The summed E-state index contributed by atoms with van der Waals surface area (Å²) in [5, 5.41) is 6.47. The molecule has 0 aromatic carbocycles. The highest BCUT2D eigenvalue weighted by Crippen LogP contribution is 2.32. The molecule has 0 aliphatic carbocycles. The zero-order valence-corrected chi connectivity index (χ0v) is 12.6. The number of fused-ring (bicyclic) bond motifs is 2. The monoisotopic (exact) mass is 281 g/mol. The molecule has 3 aliphatic rings. The Morgan fingerprint density at radius 1 is 1.20 bits per heavy atom. The number of piperidine rings is 2. The van der Waals surface area contributed by atoms with Crippen LogP contribution in [0.4, 0.5) is 0 Å². The van der Waals surface area contributed by atoms with Crippen LogP contribution in [0.2, 0.25) is 0 Å². The summed E-state index contributed by atoms with van der Waals surface area (Å²) in [5.41, 5.74) is 0. The maximum atomic E-state index is 12.4. The first-order valence-electron chi connectivity index (χ1n) is 7.96. The molecule has 3 heterocycles. The molecule has 0 radical (unpaired) electrons. The molecule has 0 saturated carbocycles. The fraction of sp³-hybridized carbons (Fsp3) is 0.933. The summed E-state index contributed by atoms with van der Waals surface area (Å²) in [6.07, 6.45) is 6.13. The minimum absolute atomic E-state index is 0.0282. The van der Waals surface area contributed by atoms with Crippen LogP contribution in [0.3, 0.4) is 0 Å². The van der Waals surface area contributed by atoms with Gasteiger partial charge in [0.15, 0.2) is 0 Å². The van der Waals surface area contributed by atoms with E-state index >= 15 is 0 Å². The predicted molar refractivity (Wildman–Crippen MR) is 77.5 cm³/mol. The summed E-state index contributed by atoms with van der Waals surface area (Å²) in [6, 6.07) is 1.84. The van der Waals surface area contributed by atoms with Gasteiger partial charge in [0.2, 0.25) is 5.91 Å². The highest BCUT2D eigenvalue weighted by Gasteiger charge is 2.39. The summed E-state index contributed by atoms with van der Waals surface area (Å²) in [6.45, 7) is 1.20. The summed E-state index contributed by atoms with van der Waals surface area (Å²) in [4.78, 5) is 15.0. The third kappa shape index (κ3) is 2.71. The fourth-order valence-corrected chi connectivity index (χ4v) is 4.14. The van der Waals surface area contributed by atoms with E-state index in [9.17, 15) is 4.79 Å². The van der Waals surface area contributed by atoms with Crippen LogP contribution in [0.1, 0.15) is 32.1 Å². The number of nitrogens with zero attached hydrogens (tertiary/aromatic N) is 1. The minimum Gasteiger partial charge on any atom is -0.379 e. The van der Waals surface area contributed by atoms with Gasteiger partial charge in [-0.25, -0.2) is 0 Å². The molecule has 5 heteroatoms. The predicted octanol–water partition coefficient (Wildman–Crippen LogP) is 0.352. The van der Waals surface area contributed by atoms with Gasteiger partial charge in [-0.15, -0.1) is 0 Å². The van der Waals surface area contributed by atoms with Crippen LogP contribution in [-0.2, 0) is 9.53 Å². The third-order valence-corrected chi connectivity index (χ3v) is 5.47. The van der Waals surface area contributed by atoms with E-state index in [0.29, 0.717) is 31.3 Å². The number of nitrogens with one attached hydrogen (secondary N) is 2. The van der Waals surface area contributed by atoms with Gasteiger partial charge in [-0.05, 0) is 39.8 Å². The standard InChI is InChI=1S/C15H27N3O2/c1-16-14-9-20-8-13(14)15(19)17-10-6-11-4-3-5-12(7-10)18(11)2/h10-14,16H,3-9H2,1-2H3,(H,17,19). The molecule has 3 rings (SSSR count). The second-order valence-corrected chi connectivity index (χ2v) is 6.62. The smallest absolute Gasteiger partial charge is 0.227 e. The van der Waals surface area contributed by atoms with Gasteiger partial charge in [0, 0.05) is 24.2 Å². The maximum Gasteiger partial charge on any atom is 0.227 e. The minimum atomic E-state index is -0.0282. The third-order valence-electron chi connectivity index (χ3n) is 5.47. The highest BCUT2D eigenvalue weighted by molar-refractivity contribution is 5.80. The molecule has 3 fully saturated rings. The largest absolute Gasteiger partial charge is 0.379 e. The van der Waals surface area contributed by atoms with E-state index in [0.717, 1.165) is 12.8 Å². The fourth-order valence-electron chi connectivity index (χ4n) is 4.14. The number of carbonyl (C=O) groups is 1. The number of ether oxygens (including phenoxy) is 1. The van der Waals surface area contributed by atoms with E-state index in [4.69, 9.17) is 4.74 Å². The van der Waals surface area contributed by atoms with Crippen molar-refractivity contribution in [3.63, 3.8) is 0 Å². The second kappa shape index (κ2) is 6.00. The zero-order chi connectivity index (χ0) is 14.1. The van der Waals surface area contributed by atoms with Crippen molar-refractivity contribution in [2.24, 2.45) is 5.92 Å². The Balaban J connectivity index is 1.57. The summed E-state index contributed by atoms with van der Waals surface area (Å²) in [5.74, 6) is 0.147. The number of amides is 1. The van der Waals surface area contributed by atoms with E-state index in [2.05, 4.69) is 22.6 Å². The molecule has 5 nitrogen and oxygen atoms in total. The first-order chi connectivity index (χ1) is 9.69. The molecular formula is C15H27N3O2. The first-order valence-corrected chi connectivity index (χ1v) is 7.96. The summed E-state index contributed by atoms with van der Waals surface area (Å²) < 4.78 is 5.43. The topological polar surface area (TPSA) is 53.6 Å². The van der Waals surface area contributed by atoms with Gasteiger partial charge >= 0.3 is 0 Å². The van der Waals surface area contributed by atoms with Crippen LogP contribution >= 0.6 is 0 Å². The zero-order valence-electron chi connectivity index (χ0n) is 12.6. The number of rotatable bonds is 3. The normalized spacial score (nSPS) is 41.6. The lowest BCUT2D eigenvalue weighted by Crippen LogP contribution is -2.56. The van der Waals surface area contributed by atoms with Gasteiger partial charge in [0.25, 0.3) is 0 Å². The summed E-state index contributed by atoms with van der Waals surface area (Å²) in [7, 11) is 4.15. The SMILES string of the molecule is CNC1COCC1C(=O)NC1CC2CCCC(C1)N2C. The van der Waals surface area contributed by atoms with Gasteiger partial charge in [0.1, 0.15) is 0 Å². The lowest BCUT2D eigenvalue weighted by Gasteiger charge is -2.47. The quantitative estimate of drug-likeness (QED) is 0.784.